The number of halogens is 3. The van der Waals surface area contributed by atoms with Crippen LogP contribution in [0, 0.1) is 0 Å². The number of alkyl halides is 3. The largest absolute Gasteiger partial charge is 0.416 e. The van der Waals surface area contributed by atoms with E-state index in [0.717, 1.165) is 17.7 Å². The molecule has 2 heterocycles. The van der Waals surface area contributed by atoms with Crippen LogP contribution < -0.4 is 0 Å². The van der Waals surface area contributed by atoms with Gasteiger partial charge < -0.3 is 4.52 Å². The van der Waals surface area contributed by atoms with Gasteiger partial charge in [-0.25, -0.2) is 4.98 Å². The Balaban J connectivity index is 1.60. The highest BCUT2D eigenvalue weighted by Crippen LogP contribution is 2.34. The SMILES string of the molecule is FC(F)(F)c1ccc(-c2nc(-c3cc(-c4ccccc4)no3)cs2)cc1. The lowest BCUT2D eigenvalue weighted by Crippen LogP contribution is -2.03. The van der Waals surface area contributed by atoms with Crippen molar-refractivity contribution in [3.8, 4) is 33.3 Å². The fraction of sp³-hybridized carbons (Fsp3) is 0.0526. The Hall–Kier alpha value is -2.93. The second-order valence-electron chi connectivity index (χ2n) is 5.56. The van der Waals surface area contributed by atoms with Crippen LogP contribution >= 0.6 is 11.3 Å². The summed E-state index contributed by atoms with van der Waals surface area (Å²) in [5, 5.41) is 6.46. The third-order valence-corrected chi connectivity index (χ3v) is 4.69. The van der Waals surface area contributed by atoms with Crippen LogP contribution in [0.3, 0.4) is 0 Å². The Morgan fingerprint density at radius 1 is 0.846 bits per heavy atom. The standard InChI is InChI=1S/C19H11F3N2OS/c20-19(21,22)14-8-6-13(7-9-14)18-23-16(11-26-18)17-10-15(24-25-17)12-4-2-1-3-5-12/h1-11H. The fourth-order valence-corrected chi connectivity index (χ4v) is 3.28. The minimum atomic E-state index is -4.35. The Labute approximate surface area is 150 Å². The zero-order chi connectivity index (χ0) is 18.1. The number of hydrogen-bond donors (Lipinski definition) is 0. The molecule has 0 aliphatic carbocycles. The van der Waals surface area contributed by atoms with Crippen LogP contribution in [0.1, 0.15) is 5.56 Å². The highest BCUT2D eigenvalue weighted by atomic mass is 32.1. The molecule has 0 radical (unpaired) electrons. The van der Waals surface area contributed by atoms with Gasteiger partial charge in [0.15, 0.2) is 5.76 Å². The van der Waals surface area contributed by atoms with Crippen molar-refractivity contribution in [1.82, 2.24) is 10.1 Å². The van der Waals surface area contributed by atoms with E-state index in [4.69, 9.17) is 4.52 Å². The van der Waals surface area contributed by atoms with E-state index in [-0.39, 0.29) is 0 Å². The summed E-state index contributed by atoms with van der Waals surface area (Å²) < 4.78 is 43.3. The fourth-order valence-electron chi connectivity index (χ4n) is 2.46. The van der Waals surface area contributed by atoms with Crippen LogP contribution in [0.5, 0.6) is 0 Å². The number of aromatic nitrogens is 2. The van der Waals surface area contributed by atoms with Gasteiger partial charge in [-0.15, -0.1) is 11.3 Å². The summed E-state index contributed by atoms with van der Waals surface area (Å²) in [5.74, 6) is 0.512. The first kappa shape index (κ1) is 16.5. The second-order valence-corrected chi connectivity index (χ2v) is 6.41. The zero-order valence-corrected chi connectivity index (χ0v) is 14.0. The molecule has 0 N–H and O–H groups in total. The third kappa shape index (κ3) is 3.25. The molecular weight excluding hydrogens is 361 g/mol. The molecule has 130 valence electrons. The van der Waals surface area contributed by atoms with Gasteiger partial charge in [0.1, 0.15) is 16.4 Å². The molecule has 3 nitrogen and oxygen atoms in total. The topological polar surface area (TPSA) is 38.9 Å². The van der Waals surface area contributed by atoms with Crippen LogP contribution in [-0.2, 0) is 6.18 Å². The molecule has 2 aromatic carbocycles. The van der Waals surface area contributed by atoms with Crippen molar-refractivity contribution in [2.24, 2.45) is 0 Å². The quantitative estimate of drug-likeness (QED) is 0.433. The Morgan fingerprint density at radius 2 is 1.58 bits per heavy atom. The maximum atomic E-state index is 12.7. The maximum absolute atomic E-state index is 12.7. The smallest absolute Gasteiger partial charge is 0.354 e. The van der Waals surface area contributed by atoms with Crippen LogP contribution in [-0.4, -0.2) is 10.1 Å². The molecule has 7 heteroatoms. The average molecular weight is 372 g/mol. The van der Waals surface area contributed by atoms with Crippen molar-refractivity contribution in [3.05, 3.63) is 71.6 Å². The summed E-state index contributed by atoms with van der Waals surface area (Å²) in [4.78, 5) is 4.45. The van der Waals surface area contributed by atoms with Gasteiger partial charge in [0.05, 0.1) is 5.56 Å². The van der Waals surface area contributed by atoms with E-state index >= 15 is 0 Å². The molecule has 0 unspecified atom stereocenters. The molecule has 26 heavy (non-hydrogen) atoms. The van der Waals surface area contributed by atoms with Crippen LogP contribution in [0.15, 0.2) is 70.6 Å². The van der Waals surface area contributed by atoms with Gasteiger partial charge in [-0.05, 0) is 12.1 Å². The lowest BCUT2D eigenvalue weighted by Gasteiger charge is -2.06. The Kier molecular flexibility index (Phi) is 4.08. The van der Waals surface area contributed by atoms with E-state index in [1.807, 2.05) is 30.3 Å². The molecule has 0 fully saturated rings. The monoisotopic (exact) mass is 372 g/mol. The molecule has 0 spiro atoms. The van der Waals surface area contributed by atoms with Crippen molar-refractivity contribution in [2.45, 2.75) is 6.18 Å². The van der Waals surface area contributed by atoms with Crippen LogP contribution in [0.2, 0.25) is 0 Å². The second kappa shape index (κ2) is 6.42. The van der Waals surface area contributed by atoms with Crippen molar-refractivity contribution in [3.63, 3.8) is 0 Å². The van der Waals surface area contributed by atoms with E-state index in [1.54, 1.807) is 11.4 Å². The molecule has 4 rings (SSSR count). The number of thiazole rings is 1. The van der Waals surface area contributed by atoms with Gasteiger partial charge in [-0.3, -0.25) is 0 Å². The Morgan fingerprint density at radius 3 is 2.27 bits per heavy atom. The molecule has 0 atom stereocenters. The number of benzene rings is 2. The average Bonchev–Trinajstić information content (AvgIpc) is 3.31. The van der Waals surface area contributed by atoms with Gasteiger partial charge in [-0.1, -0.05) is 47.6 Å². The van der Waals surface area contributed by atoms with Crippen LogP contribution in [0.4, 0.5) is 13.2 Å². The van der Waals surface area contributed by atoms with E-state index in [0.29, 0.717) is 27.7 Å². The van der Waals surface area contributed by atoms with Gasteiger partial charge in [0.2, 0.25) is 0 Å². The minimum Gasteiger partial charge on any atom is -0.354 e. The molecule has 0 bridgehead atoms. The van der Waals surface area contributed by atoms with E-state index in [2.05, 4.69) is 10.1 Å². The van der Waals surface area contributed by atoms with Gasteiger partial charge in [-0.2, -0.15) is 13.2 Å². The number of nitrogens with zero attached hydrogens (tertiary/aromatic N) is 2. The number of rotatable bonds is 3. The summed E-state index contributed by atoms with van der Waals surface area (Å²) in [6.45, 7) is 0. The molecule has 0 aliphatic rings. The lowest BCUT2D eigenvalue weighted by molar-refractivity contribution is -0.137. The zero-order valence-electron chi connectivity index (χ0n) is 13.2. The van der Waals surface area contributed by atoms with E-state index < -0.39 is 11.7 Å². The van der Waals surface area contributed by atoms with Crippen molar-refractivity contribution < 1.29 is 17.7 Å². The number of hydrogen-bond acceptors (Lipinski definition) is 4. The summed E-state index contributed by atoms with van der Waals surface area (Å²) >= 11 is 1.34. The summed E-state index contributed by atoms with van der Waals surface area (Å²) in [5.41, 5.74) is 2.17. The van der Waals surface area contributed by atoms with Crippen LogP contribution in [0.25, 0.3) is 33.3 Å². The first-order chi connectivity index (χ1) is 12.5. The normalized spacial score (nSPS) is 11.7. The minimum absolute atomic E-state index is 0.512. The summed E-state index contributed by atoms with van der Waals surface area (Å²) in [6.07, 6.45) is -4.35. The van der Waals surface area contributed by atoms with E-state index in [1.165, 1.54) is 23.5 Å². The lowest BCUT2D eigenvalue weighted by atomic mass is 10.1. The highest BCUT2D eigenvalue weighted by Gasteiger charge is 2.30. The predicted molar refractivity (Wildman–Crippen MR) is 93.5 cm³/mol. The molecular formula is C19H11F3N2OS. The van der Waals surface area contributed by atoms with Crippen molar-refractivity contribution in [1.29, 1.82) is 0 Å². The molecule has 0 saturated carbocycles. The summed E-state index contributed by atoms with van der Waals surface area (Å²) in [6, 6.07) is 16.3. The third-order valence-electron chi connectivity index (χ3n) is 3.80. The predicted octanol–water partition coefficient (Wildman–Crippen LogP) is 6.15. The molecule has 4 aromatic rings. The molecule has 0 amide bonds. The summed E-state index contributed by atoms with van der Waals surface area (Å²) in [7, 11) is 0. The molecule has 2 aromatic heterocycles. The van der Waals surface area contributed by atoms with Crippen molar-refractivity contribution >= 4 is 11.3 Å². The first-order valence-electron chi connectivity index (χ1n) is 7.66. The van der Waals surface area contributed by atoms with Gasteiger partial charge >= 0.3 is 6.18 Å². The van der Waals surface area contributed by atoms with Gasteiger partial charge in [0, 0.05) is 22.6 Å². The first-order valence-corrected chi connectivity index (χ1v) is 8.54. The highest BCUT2D eigenvalue weighted by molar-refractivity contribution is 7.13. The Bertz CT molecular complexity index is 1020. The molecule has 0 saturated heterocycles. The molecule has 0 aliphatic heterocycles. The van der Waals surface area contributed by atoms with E-state index in [9.17, 15) is 13.2 Å². The van der Waals surface area contributed by atoms with Gasteiger partial charge in [0.25, 0.3) is 0 Å². The maximum Gasteiger partial charge on any atom is 0.416 e. The van der Waals surface area contributed by atoms with Crippen molar-refractivity contribution in [2.75, 3.05) is 0 Å².